The van der Waals surface area contributed by atoms with E-state index in [1.54, 1.807) is 0 Å². The summed E-state index contributed by atoms with van der Waals surface area (Å²) >= 11 is 0. The predicted molar refractivity (Wildman–Crippen MR) is 53.7 cm³/mol. The smallest absolute Gasteiger partial charge is 0.0423 e. The zero-order valence-electron chi connectivity index (χ0n) is 8.31. The van der Waals surface area contributed by atoms with Crippen LogP contribution in [-0.4, -0.2) is 13.6 Å². The fraction of sp³-hybridized carbons (Fsp3) is 0.455. The van der Waals surface area contributed by atoms with E-state index in [1.165, 1.54) is 16.8 Å². The molecule has 0 aliphatic rings. The molecule has 1 radical (unpaired) electrons. The molecule has 0 unspecified atom stereocenters. The Labute approximate surface area is 75.0 Å². The Bertz CT molecular complexity index is 245. The van der Waals surface area contributed by atoms with Crippen molar-refractivity contribution in [3.8, 4) is 0 Å². The molecule has 0 amide bonds. The highest BCUT2D eigenvalue weighted by molar-refractivity contribution is 5.57. The van der Waals surface area contributed by atoms with Gasteiger partial charge in [-0.3, -0.25) is 0 Å². The van der Waals surface area contributed by atoms with E-state index in [2.05, 4.69) is 38.8 Å². The van der Waals surface area contributed by atoms with Gasteiger partial charge in [-0.15, -0.1) is 0 Å². The Morgan fingerprint density at radius 2 is 1.75 bits per heavy atom. The van der Waals surface area contributed by atoms with Gasteiger partial charge >= 0.3 is 0 Å². The van der Waals surface area contributed by atoms with Gasteiger partial charge < -0.3 is 4.90 Å². The van der Waals surface area contributed by atoms with E-state index in [0.717, 1.165) is 6.54 Å². The van der Waals surface area contributed by atoms with Crippen molar-refractivity contribution in [2.75, 3.05) is 18.5 Å². The molecule has 0 aliphatic carbocycles. The van der Waals surface area contributed by atoms with Crippen LogP contribution < -0.4 is 4.90 Å². The number of hydrogen-bond acceptors (Lipinski definition) is 1. The molecule has 1 nitrogen and oxygen atoms in total. The molecule has 0 aromatic heterocycles. The topological polar surface area (TPSA) is 3.24 Å². The van der Waals surface area contributed by atoms with Crippen molar-refractivity contribution < 1.29 is 0 Å². The standard InChI is InChI=1S/C11H16N/c1-5-12(4)11-9(2)7-6-8-10(11)3/h7-8H,5H2,1-4H3. The summed E-state index contributed by atoms with van der Waals surface area (Å²) in [7, 11) is 2.12. The molecule has 0 saturated carbocycles. The first-order chi connectivity index (χ1) is 5.66. The lowest BCUT2D eigenvalue weighted by atomic mass is 10.1. The Kier molecular flexibility index (Phi) is 2.74. The highest BCUT2D eigenvalue weighted by Crippen LogP contribution is 2.22. The van der Waals surface area contributed by atoms with Gasteiger partial charge in [0, 0.05) is 19.3 Å². The SMILES string of the molecule is CCN(C)c1c(C)c[c]cc1C. The summed E-state index contributed by atoms with van der Waals surface area (Å²) < 4.78 is 0. The van der Waals surface area contributed by atoms with Gasteiger partial charge in [0.25, 0.3) is 0 Å². The normalized spacial score (nSPS) is 10.0. The van der Waals surface area contributed by atoms with Crippen LogP contribution in [0.1, 0.15) is 18.1 Å². The Morgan fingerprint density at radius 1 is 1.25 bits per heavy atom. The van der Waals surface area contributed by atoms with E-state index in [9.17, 15) is 0 Å². The average Bonchev–Trinajstić information content (AvgIpc) is 2.03. The zero-order valence-corrected chi connectivity index (χ0v) is 8.31. The highest BCUT2D eigenvalue weighted by Gasteiger charge is 2.04. The van der Waals surface area contributed by atoms with Crippen molar-refractivity contribution in [1.82, 2.24) is 0 Å². The molecule has 1 aromatic rings. The maximum Gasteiger partial charge on any atom is 0.0423 e. The summed E-state index contributed by atoms with van der Waals surface area (Å²) in [5, 5.41) is 0. The lowest BCUT2D eigenvalue weighted by Crippen LogP contribution is -2.17. The van der Waals surface area contributed by atoms with Gasteiger partial charge in [0.15, 0.2) is 0 Å². The lowest BCUT2D eigenvalue weighted by Gasteiger charge is -2.21. The van der Waals surface area contributed by atoms with Crippen molar-refractivity contribution in [1.29, 1.82) is 0 Å². The van der Waals surface area contributed by atoms with Gasteiger partial charge in [0.1, 0.15) is 0 Å². The molecular weight excluding hydrogens is 146 g/mol. The van der Waals surface area contributed by atoms with Crippen LogP contribution in [-0.2, 0) is 0 Å². The number of benzene rings is 1. The molecule has 1 aromatic carbocycles. The summed E-state index contributed by atoms with van der Waals surface area (Å²) in [5.41, 5.74) is 3.95. The largest absolute Gasteiger partial charge is 0.374 e. The minimum absolute atomic E-state index is 1.05. The third-order valence-corrected chi connectivity index (χ3v) is 2.20. The quantitative estimate of drug-likeness (QED) is 0.646. The van der Waals surface area contributed by atoms with E-state index < -0.39 is 0 Å². The molecule has 0 N–H and O–H groups in total. The molecule has 0 fully saturated rings. The molecule has 0 aliphatic heterocycles. The minimum atomic E-state index is 1.05. The molecule has 1 heteroatoms. The fourth-order valence-electron chi connectivity index (χ4n) is 1.50. The van der Waals surface area contributed by atoms with Crippen LogP contribution in [0.2, 0.25) is 0 Å². The Hall–Kier alpha value is -0.980. The number of nitrogens with zero attached hydrogens (tertiary/aromatic N) is 1. The second-order valence-corrected chi connectivity index (χ2v) is 3.18. The van der Waals surface area contributed by atoms with E-state index in [0.29, 0.717) is 0 Å². The van der Waals surface area contributed by atoms with Crippen LogP contribution in [0, 0.1) is 19.9 Å². The second kappa shape index (κ2) is 3.61. The van der Waals surface area contributed by atoms with Crippen molar-refractivity contribution >= 4 is 5.69 Å². The third kappa shape index (κ3) is 1.60. The Balaban J connectivity index is 3.12. The van der Waals surface area contributed by atoms with Crippen molar-refractivity contribution in [2.45, 2.75) is 20.8 Å². The summed E-state index contributed by atoms with van der Waals surface area (Å²) in [6.07, 6.45) is 0. The molecule has 12 heavy (non-hydrogen) atoms. The van der Waals surface area contributed by atoms with Crippen molar-refractivity contribution in [3.05, 3.63) is 29.3 Å². The molecule has 1 rings (SSSR count). The first-order valence-electron chi connectivity index (χ1n) is 4.35. The average molecular weight is 162 g/mol. The predicted octanol–water partition coefficient (Wildman–Crippen LogP) is 2.56. The number of rotatable bonds is 2. The van der Waals surface area contributed by atoms with Crippen molar-refractivity contribution in [2.24, 2.45) is 0 Å². The summed E-state index contributed by atoms with van der Waals surface area (Å²) in [4.78, 5) is 2.26. The van der Waals surface area contributed by atoms with Gasteiger partial charge in [-0.2, -0.15) is 0 Å². The van der Waals surface area contributed by atoms with Crippen LogP contribution in [0.5, 0.6) is 0 Å². The van der Waals surface area contributed by atoms with Crippen LogP contribution in [0.4, 0.5) is 5.69 Å². The minimum Gasteiger partial charge on any atom is -0.374 e. The number of hydrogen-bond donors (Lipinski definition) is 0. The van der Waals surface area contributed by atoms with E-state index in [1.807, 2.05) is 12.1 Å². The molecule has 0 heterocycles. The van der Waals surface area contributed by atoms with E-state index in [4.69, 9.17) is 0 Å². The maximum absolute atomic E-state index is 3.12. The zero-order chi connectivity index (χ0) is 9.14. The van der Waals surface area contributed by atoms with Crippen LogP contribution in [0.3, 0.4) is 0 Å². The van der Waals surface area contributed by atoms with Crippen LogP contribution in [0.15, 0.2) is 12.1 Å². The van der Waals surface area contributed by atoms with Crippen LogP contribution >= 0.6 is 0 Å². The number of anilines is 1. The summed E-state index contributed by atoms with van der Waals surface area (Å²) in [6.45, 7) is 7.47. The number of aryl methyl sites for hydroxylation is 2. The molecule has 0 spiro atoms. The first kappa shape index (κ1) is 9.11. The van der Waals surface area contributed by atoms with E-state index in [-0.39, 0.29) is 0 Å². The highest BCUT2D eigenvalue weighted by atomic mass is 15.1. The van der Waals surface area contributed by atoms with E-state index >= 15 is 0 Å². The van der Waals surface area contributed by atoms with Gasteiger partial charge in [-0.1, -0.05) is 0 Å². The summed E-state index contributed by atoms with van der Waals surface area (Å²) in [5.74, 6) is 0. The molecule has 0 atom stereocenters. The third-order valence-electron chi connectivity index (χ3n) is 2.20. The van der Waals surface area contributed by atoms with Gasteiger partial charge in [-0.05, 0) is 50.1 Å². The maximum atomic E-state index is 3.12. The second-order valence-electron chi connectivity index (χ2n) is 3.18. The molecular formula is C11H16N. The summed E-state index contributed by atoms with van der Waals surface area (Å²) in [6, 6.07) is 7.19. The van der Waals surface area contributed by atoms with Crippen molar-refractivity contribution in [3.63, 3.8) is 0 Å². The van der Waals surface area contributed by atoms with Gasteiger partial charge in [-0.25, -0.2) is 0 Å². The van der Waals surface area contributed by atoms with Gasteiger partial charge in [0.2, 0.25) is 0 Å². The molecule has 0 bridgehead atoms. The molecule has 65 valence electrons. The van der Waals surface area contributed by atoms with Gasteiger partial charge in [0.05, 0.1) is 0 Å². The van der Waals surface area contributed by atoms with Crippen LogP contribution in [0.25, 0.3) is 0 Å². The molecule has 0 saturated heterocycles. The fourth-order valence-corrected chi connectivity index (χ4v) is 1.50. The Morgan fingerprint density at radius 3 is 2.17 bits per heavy atom. The first-order valence-corrected chi connectivity index (χ1v) is 4.35. The lowest BCUT2D eigenvalue weighted by molar-refractivity contribution is 0.953. The monoisotopic (exact) mass is 162 g/mol.